The van der Waals surface area contributed by atoms with Crippen LogP contribution in [-0.2, 0) is 16.0 Å². The largest absolute Gasteiger partial charge is 0.366 e. The van der Waals surface area contributed by atoms with Crippen molar-refractivity contribution >= 4 is 28.7 Å². The van der Waals surface area contributed by atoms with Gasteiger partial charge >= 0.3 is 0 Å². The standard InChI is InChI=1S/C25H30N2O2S/c1-2-3-7-14-27-24(28)22(21-11-8-17-30-21)23(25(27)29)26-15-12-20(13-16-26)18-19-9-5-4-6-10-19/h4-6,8-11,17,20H,2-3,7,12-16,18H2,1H3. The summed E-state index contributed by atoms with van der Waals surface area (Å²) in [6.07, 6.45) is 6.16. The van der Waals surface area contributed by atoms with Gasteiger partial charge in [0.05, 0.1) is 5.57 Å². The first-order valence-electron chi connectivity index (χ1n) is 11.1. The Hall–Kier alpha value is -2.40. The van der Waals surface area contributed by atoms with E-state index in [1.54, 1.807) is 11.3 Å². The SMILES string of the molecule is CCCCCN1C(=O)C(c2cccs2)=C(N2CCC(Cc3ccccc3)CC2)C1=O. The van der Waals surface area contributed by atoms with Crippen LogP contribution in [0.15, 0.2) is 53.5 Å². The molecule has 3 heterocycles. The molecule has 0 unspecified atom stereocenters. The topological polar surface area (TPSA) is 40.6 Å². The monoisotopic (exact) mass is 422 g/mol. The molecule has 0 N–H and O–H groups in total. The quantitative estimate of drug-likeness (QED) is 0.445. The number of thiophene rings is 1. The molecule has 2 aliphatic rings. The Kier molecular flexibility index (Phi) is 6.68. The predicted octanol–water partition coefficient (Wildman–Crippen LogP) is 4.97. The van der Waals surface area contributed by atoms with Crippen LogP contribution < -0.4 is 0 Å². The molecule has 4 rings (SSSR count). The highest BCUT2D eigenvalue weighted by atomic mass is 32.1. The van der Waals surface area contributed by atoms with Crippen molar-refractivity contribution in [2.45, 2.75) is 45.4 Å². The maximum Gasteiger partial charge on any atom is 0.277 e. The Morgan fingerprint density at radius 2 is 1.73 bits per heavy atom. The third-order valence-electron chi connectivity index (χ3n) is 6.19. The molecule has 0 saturated carbocycles. The lowest BCUT2D eigenvalue weighted by Gasteiger charge is -2.34. The number of hydrogen-bond acceptors (Lipinski definition) is 4. The maximum atomic E-state index is 13.3. The highest BCUT2D eigenvalue weighted by Crippen LogP contribution is 2.36. The minimum atomic E-state index is -0.111. The Balaban J connectivity index is 1.50. The first kappa shape index (κ1) is 20.9. The van der Waals surface area contributed by atoms with Gasteiger partial charge in [0.1, 0.15) is 5.70 Å². The number of carbonyl (C=O) groups excluding carboxylic acids is 2. The van der Waals surface area contributed by atoms with Crippen molar-refractivity contribution in [2.75, 3.05) is 19.6 Å². The Bertz CT molecular complexity index is 896. The van der Waals surface area contributed by atoms with Gasteiger partial charge in [0.2, 0.25) is 0 Å². The molecule has 0 atom stereocenters. The van der Waals surface area contributed by atoms with Crippen molar-refractivity contribution in [1.29, 1.82) is 0 Å². The Morgan fingerprint density at radius 3 is 2.40 bits per heavy atom. The summed E-state index contributed by atoms with van der Waals surface area (Å²) in [6, 6.07) is 14.5. The molecule has 4 nitrogen and oxygen atoms in total. The van der Waals surface area contributed by atoms with Gasteiger partial charge in [-0.1, -0.05) is 56.2 Å². The lowest BCUT2D eigenvalue weighted by molar-refractivity contribution is -0.137. The molecule has 5 heteroatoms. The zero-order chi connectivity index (χ0) is 20.9. The number of likely N-dealkylation sites (tertiary alicyclic amines) is 1. The number of amides is 2. The molecule has 2 aromatic rings. The van der Waals surface area contributed by atoms with Crippen LogP contribution in [0.1, 0.15) is 49.5 Å². The molecular formula is C25H30N2O2S. The lowest BCUT2D eigenvalue weighted by Crippen LogP contribution is -2.39. The van der Waals surface area contributed by atoms with Gasteiger partial charge in [0.15, 0.2) is 0 Å². The zero-order valence-electron chi connectivity index (χ0n) is 17.7. The van der Waals surface area contributed by atoms with Crippen LogP contribution in [0.2, 0.25) is 0 Å². The minimum Gasteiger partial charge on any atom is -0.366 e. The molecule has 1 aromatic heterocycles. The number of nitrogens with zero attached hydrogens (tertiary/aromatic N) is 2. The fourth-order valence-corrected chi connectivity index (χ4v) is 5.29. The maximum absolute atomic E-state index is 13.3. The summed E-state index contributed by atoms with van der Waals surface area (Å²) < 4.78 is 0. The fourth-order valence-electron chi connectivity index (χ4n) is 4.53. The Labute approximate surface area is 183 Å². The molecule has 1 aromatic carbocycles. The second kappa shape index (κ2) is 9.61. The van der Waals surface area contributed by atoms with E-state index < -0.39 is 0 Å². The van der Waals surface area contributed by atoms with Gasteiger partial charge in [-0.15, -0.1) is 11.3 Å². The third-order valence-corrected chi connectivity index (χ3v) is 7.08. The minimum absolute atomic E-state index is 0.0963. The highest BCUT2D eigenvalue weighted by Gasteiger charge is 2.42. The van der Waals surface area contributed by atoms with Gasteiger partial charge in [0.25, 0.3) is 11.8 Å². The van der Waals surface area contributed by atoms with E-state index in [9.17, 15) is 9.59 Å². The van der Waals surface area contributed by atoms with E-state index in [-0.39, 0.29) is 11.8 Å². The average Bonchev–Trinajstić information content (AvgIpc) is 3.37. The number of carbonyl (C=O) groups is 2. The van der Waals surface area contributed by atoms with Gasteiger partial charge in [-0.3, -0.25) is 14.5 Å². The van der Waals surface area contributed by atoms with Gasteiger partial charge in [-0.05, 0) is 48.6 Å². The molecule has 0 bridgehead atoms. The number of imide groups is 1. The molecule has 30 heavy (non-hydrogen) atoms. The third kappa shape index (κ3) is 4.36. The van der Waals surface area contributed by atoms with Crippen molar-refractivity contribution in [3.8, 4) is 0 Å². The molecule has 0 spiro atoms. The second-order valence-corrected chi connectivity index (χ2v) is 9.24. The second-order valence-electron chi connectivity index (χ2n) is 8.29. The number of unbranched alkanes of at least 4 members (excludes halogenated alkanes) is 2. The summed E-state index contributed by atoms with van der Waals surface area (Å²) in [6.45, 7) is 4.33. The molecular weight excluding hydrogens is 392 g/mol. The summed E-state index contributed by atoms with van der Waals surface area (Å²) in [4.78, 5) is 31.1. The van der Waals surface area contributed by atoms with Gasteiger partial charge < -0.3 is 4.90 Å². The van der Waals surface area contributed by atoms with Crippen LogP contribution in [0, 0.1) is 5.92 Å². The molecule has 0 aliphatic carbocycles. The van der Waals surface area contributed by atoms with Crippen molar-refractivity contribution in [3.63, 3.8) is 0 Å². The normalized spacial score (nSPS) is 18.0. The van der Waals surface area contributed by atoms with Crippen molar-refractivity contribution < 1.29 is 9.59 Å². The van der Waals surface area contributed by atoms with Crippen LogP contribution in [0.5, 0.6) is 0 Å². The van der Waals surface area contributed by atoms with Crippen LogP contribution in [0.3, 0.4) is 0 Å². The first-order valence-corrected chi connectivity index (χ1v) is 12.0. The van der Waals surface area contributed by atoms with E-state index in [4.69, 9.17) is 0 Å². The molecule has 0 radical (unpaired) electrons. The van der Waals surface area contributed by atoms with Gasteiger partial charge in [0, 0.05) is 24.5 Å². The van der Waals surface area contributed by atoms with Crippen molar-refractivity contribution in [1.82, 2.24) is 9.80 Å². The van der Waals surface area contributed by atoms with Crippen LogP contribution in [-0.4, -0.2) is 41.2 Å². The molecule has 1 saturated heterocycles. The molecule has 1 fully saturated rings. The number of hydrogen-bond donors (Lipinski definition) is 0. The molecule has 2 amide bonds. The van der Waals surface area contributed by atoms with E-state index >= 15 is 0 Å². The fraction of sp³-hybridized carbons (Fsp3) is 0.440. The van der Waals surface area contributed by atoms with E-state index in [0.29, 0.717) is 23.7 Å². The predicted molar refractivity (Wildman–Crippen MR) is 122 cm³/mol. The summed E-state index contributed by atoms with van der Waals surface area (Å²) in [5, 5.41) is 1.98. The summed E-state index contributed by atoms with van der Waals surface area (Å²) in [5.41, 5.74) is 2.63. The number of benzene rings is 1. The average molecular weight is 423 g/mol. The van der Waals surface area contributed by atoms with Gasteiger partial charge in [-0.25, -0.2) is 0 Å². The number of piperidine rings is 1. The van der Waals surface area contributed by atoms with Crippen LogP contribution in [0.25, 0.3) is 5.57 Å². The lowest BCUT2D eigenvalue weighted by atomic mass is 9.90. The highest BCUT2D eigenvalue weighted by molar-refractivity contribution is 7.11. The first-order chi connectivity index (χ1) is 14.7. The van der Waals surface area contributed by atoms with Crippen molar-refractivity contribution in [3.05, 3.63) is 64.0 Å². The summed E-state index contributed by atoms with van der Waals surface area (Å²) in [5.74, 6) is 0.420. The van der Waals surface area contributed by atoms with E-state index in [0.717, 1.165) is 56.5 Å². The molecule has 158 valence electrons. The summed E-state index contributed by atoms with van der Waals surface area (Å²) >= 11 is 1.54. The van der Waals surface area contributed by atoms with Gasteiger partial charge in [-0.2, -0.15) is 0 Å². The molecule has 2 aliphatic heterocycles. The van der Waals surface area contributed by atoms with Crippen LogP contribution in [0.4, 0.5) is 0 Å². The van der Waals surface area contributed by atoms with E-state index in [2.05, 4.69) is 42.2 Å². The van der Waals surface area contributed by atoms with Crippen LogP contribution >= 0.6 is 11.3 Å². The van der Waals surface area contributed by atoms with E-state index in [1.165, 1.54) is 10.5 Å². The summed E-state index contributed by atoms with van der Waals surface area (Å²) in [7, 11) is 0. The van der Waals surface area contributed by atoms with E-state index in [1.807, 2.05) is 17.5 Å². The van der Waals surface area contributed by atoms with Crippen molar-refractivity contribution in [2.24, 2.45) is 5.92 Å². The smallest absolute Gasteiger partial charge is 0.277 e. The zero-order valence-corrected chi connectivity index (χ0v) is 18.5. The number of rotatable bonds is 8. The Morgan fingerprint density at radius 1 is 0.967 bits per heavy atom.